The minimum atomic E-state index is -4.96. The van der Waals surface area contributed by atoms with E-state index >= 15 is 0 Å². The monoisotopic (exact) mass is 384 g/mol. The summed E-state index contributed by atoms with van der Waals surface area (Å²) in [6, 6.07) is 2.69. The number of hydrogen-bond donors (Lipinski definition) is 0. The SMILES string of the molecule is O=C(C1CCCN1C(=O)C(F)(F)F)N1CCc2cc3c(cc2C1)OCCO3. The summed E-state index contributed by atoms with van der Waals surface area (Å²) < 4.78 is 49.5. The van der Waals surface area contributed by atoms with E-state index in [9.17, 15) is 22.8 Å². The van der Waals surface area contributed by atoms with Crippen molar-refractivity contribution in [3.05, 3.63) is 23.3 Å². The van der Waals surface area contributed by atoms with Crippen LogP contribution in [0.2, 0.25) is 0 Å². The maximum Gasteiger partial charge on any atom is 0.471 e. The summed E-state index contributed by atoms with van der Waals surface area (Å²) in [7, 11) is 0. The molecule has 0 aromatic heterocycles. The molecule has 0 spiro atoms. The standard InChI is InChI=1S/C18H19F3N2O4/c19-18(20,21)17(25)23-4-1-2-13(23)16(24)22-5-3-11-8-14-15(9-12(11)10-22)27-7-6-26-14/h8-9,13H,1-7,10H2. The minimum Gasteiger partial charge on any atom is -0.486 e. The van der Waals surface area contributed by atoms with Gasteiger partial charge in [-0.2, -0.15) is 13.2 Å². The van der Waals surface area contributed by atoms with Crippen LogP contribution >= 0.6 is 0 Å². The fourth-order valence-electron chi connectivity index (χ4n) is 3.92. The van der Waals surface area contributed by atoms with E-state index in [0.717, 1.165) is 11.1 Å². The van der Waals surface area contributed by atoms with Crippen molar-refractivity contribution in [2.24, 2.45) is 0 Å². The van der Waals surface area contributed by atoms with Gasteiger partial charge in [-0.25, -0.2) is 0 Å². The summed E-state index contributed by atoms with van der Waals surface area (Å²) >= 11 is 0. The zero-order valence-corrected chi connectivity index (χ0v) is 14.6. The van der Waals surface area contributed by atoms with Gasteiger partial charge in [0.25, 0.3) is 0 Å². The molecule has 4 rings (SSSR count). The van der Waals surface area contributed by atoms with E-state index < -0.39 is 24.0 Å². The van der Waals surface area contributed by atoms with Gasteiger partial charge in [0.05, 0.1) is 0 Å². The van der Waals surface area contributed by atoms with Crippen molar-refractivity contribution in [1.82, 2.24) is 9.80 Å². The first-order chi connectivity index (χ1) is 12.8. The molecule has 3 aliphatic rings. The molecule has 0 saturated carbocycles. The number of nitrogens with zero attached hydrogens (tertiary/aromatic N) is 2. The number of likely N-dealkylation sites (tertiary alicyclic amines) is 1. The van der Waals surface area contributed by atoms with Crippen LogP contribution < -0.4 is 9.47 Å². The number of fused-ring (bicyclic) bond motifs is 2. The smallest absolute Gasteiger partial charge is 0.471 e. The number of hydrogen-bond acceptors (Lipinski definition) is 4. The fourth-order valence-corrected chi connectivity index (χ4v) is 3.92. The van der Waals surface area contributed by atoms with Crippen LogP contribution in [-0.4, -0.2) is 60.1 Å². The lowest BCUT2D eigenvalue weighted by atomic mass is 9.98. The largest absolute Gasteiger partial charge is 0.486 e. The Morgan fingerprint density at radius 3 is 2.37 bits per heavy atom. The van der Waals surface area contributed by atoms with Crippen LogP contribution in [0.25, 0.3) is 0 Å². The topological polar surface area (TPSA) is 59.1 Å². The van der Waals surface area contributed by atoms with Crippen LogP contribution in [0.15, 0.2) is 12.1 Å². The second kappa shape index (κ2) is 6.61. The minimum absolute atomic E-state index is 0.0438. The van der Waals surface area contributed by atoms with Gasteiger partial charge in [-0.05, 0) is 42.5 Å². The molecular formula is C18H19F3N2O4. The highest BCUT2D eigenvalue weighted by Crippen LogP contribution is 2.36. The third kappa shape index (κ3) is 3.30. The van der Waals surface area contributed by atoms with E-state index in [1.54, 1.807) is 0 Å². The number of ether oxygens (including phenoxy) is 2. The molecule has 0 N–H and O–H groups in total. The Balaban J connectivity index is 1.51. The third-order valence-electron chi connectivity index (χ3n) is 5.23. The number of amides is 2. The van der Waals surface area contributed by atoms with Crippen molar-refractivity contribution >= 4 is 11.8 Å². The molecular weight excluding hydrogens is 365 g/mol. The summed E-state index contributed by atoms with van der Waals surface area (Å²) in [5.41, 5.74) is 1.93. The van der Waals surface area contributed by atoms with Crippen molar-refractivity contribution in [2.75, 3.05) is 26.3 Å². The number of carbonyl (C=O) groups is 2. The normalized spacial score (nSPS) is 21.8. The molecule has 1 aromatic rings. The van der Waals surface area contributed by atoms with Crippen molar-refractivity contribution in [2.45, 2.75) is 38.0 Å². The first-order valence-corrected chi connectivity index (χ1v) is 8.92. The molecule has 9 heteroatoms. The molecule has 1 aromatic carbocycles. The lowest BCUT2D eigenvalue weighted by molar-refractivity contribution is -0.187. The number of halogens is 3. The number of rotatable bonds is 1. The van der Waals surface area contributed by atoms with Crippen LogP contribution in [-0.2, 0) is 22.6 Å². The summed E-state index contributed by atoms with van der Waals surface area (Å²) in [4.78, 5) is 26.7. The number of carbonyl (C=O) groups excluding carboxylic acids is 2. The average Bonchev–Trinajstić information content (AvgIpc) is 3.13. The van der Waals surface area contributed by atoms with E-state index in [1.807, 2.05) is 12.1 Å². The Kier molecular flexibility index (Phi) is 4.39. The van der Waals surface area contributed by atoms with E-state index in [0.29, 0.717) is 49.0 Å². The Labute approximate surface area is 153 Å². The lowest BCUT2D eigenvalue weighted by Crippen LogP contribution is -2.52. The summed E-state index contributed by atoms with van der Waals surface area (Å²) in [5.74, 6) is -1.07. The van der Waals surface area contributed by atoms with Crippen LogP contribution in [0.4, 0.5) is 13.2 Å². The van der Waals surface area contributed by atoms with Crippen LogP contribution in [0.3, 0.4) is 0 Å². The molecule has 1 atom stereocenters. The number of benzene rings is 1. The summed E-state index contributed by atoms with van der Waals surface area (Å²) in [6.45, 7) is 1.58. The van der Waals surface area contributed by atoms with Crippen LogP contribution in [0, 0.1) is 0 Å². The van der Waals surface area contributed by atoms with Gasteiger partial charge in [-0.3, -0.25) is 9.59 Å². The van der Waals surface area contributed by atoms with Gasteiger partial charge in [0.1, 0.15) is 19.3 Å². The summed E-state index contributed by atoms with van der Waals surface area (Å²) in [6.07, 6.45) is -3.74. The maximum absolute atomic E-state index is 12.8. The molecule has 1 unspecified atom stereocenters. The zero-order chi connectivity index (χ0) is 19.2. The Morgan fingerprint density at radius 2 is 1.70 bits per heavy atom. The maximum atomic E-state index is 12.8. The predicted molar refractivity (Wildman–Crippen MR) is 87.3 cm³/mol. The van der Waals surface area contributed by atoms with Gasteiger partial charge in [0, 0.05) is 19.6 Å². The Bertz CT molecular complexity index is 781. The van der Waals surface area contributed by atoms with Gasteiger partial charge in [0.15, 0.2) is 11.5 Å². The van der Waals surface area contributed by atoms with Gasteiger partial charge in [-0.1, -0.05) is 0 Å². The molecule has 0 radical (unpaired) electrons. The molecule has 3 heterocycles. The van der Waals surface area contributed by atoms with Gasteiger partial charge >= 0.3 is 12.1 Å². The predicted octanol–water partition coefficient (Wildman–Crippen LogP) is 1.90. The number of alkyl halides is 3. The molecule has 1 fully saturated rings. The highest BCUT2D eigenvalue weighted by molar-refractivity contribution is 5.90. The highest BCUT2D eigenvalue weighted by atomic mass is 19.4. The second-order valence-corrected chi connectivity index (χ2v) is 6.93. The summed E-state index contributed by atoms with van der Waals surface area (Å²) in [5, 5.41) is 0. The zero-order valence-electron chi connectivity index (χ0n) is 14.6. The molecule has 1 saturated heterocycles. The van der Waals surface area contributed by atoms with E-state index in [-0.39, 0.29) is 19.5 Å². The first kappa shape index (κ1) is 17.9. The fraction of sp³-hybridized carbons (Fsp3) is 0.556. The molecule has 3 aliphatic heterocycles. The van der Waals surface area contributed by atoms with Crippen LogP contribution in [0.5, 0.6) is 11.5 Å². The Hall–Kier alpha value is -2.45. The molecule has 27 heavy (non-hydrogen) atoms. The lowest BCUT2D eigenvalue weighted by Gasteiger charge is -2.34. The van der Waals surface area contributed by atoms with Crippen LogP contribution in [0.1, 0.15) is 24.0 Å². The average molecular weight is 384 g/mol. The van der Waals surface area contributed by atoms with Crippen molar-refractivity contribution in [3.8, 4) is 11.5 Å². The van der Waals surface area contributed by atoms with E-state index in [1.165, 1.54) is 4.90 Å². The van der Waals surface area contributed by atoms with Gasteiger partial charge in [0.2, 0.25) is 5.91 Å². The first-order valence-electron chi connectivity index (χ1n) is 8.92. The van der Waals surface area contributed by atoms with Gasteiger partial charge < -0.3 is 19.3 Å². The highest BCUT2D eigenvalue weighted by Gasteiger charge is 2.48. The molecule has 2 amide bonds. The van der Waals surface area contributed by atoms with Crippen molar-refractivity contribution in [3.63, 3.8) is 0 Å². The Morgan fingerprint density at radius 1 is 1.04 bits per heavy atom. The molecule has 146 valence electrons. The van der Waals surface area contributed by atoms with Crippen molar-refractivity contribution < 1.29 is 32.2 Å². The van der Waals surface area contributed by atoms with Crippen molar-refractivity contribution in [1.29, 1.82) is 0 Å². The molecule has 0 aliphatic carbocycles. The quantitative estimate of drug-likeness (QED) is 0.742. The van der Waals surface area contributed by atoms with E-state index in [4.69, 9.17) is 9.47 Å². The molecule has 6 nitrogen and oxygen atoms in total. The van der Waals surface area contributed by atoms with Gasteiger partial charge in [-0.15, -0.1) is 0 Å². The molecule has 0 bridgehead atoms. The van der Waals surface area contributed by atoms with E-state index in [2.05, 4.69) is 0 Å². The second-order valence-electron chi connectivity index (χ2n) is 6.93. The third-order valence-corrected chi connectivity index (χ3v) is 5.23.